The summed E-state index contributed by atoms with van der Waals surface area (Å²) < 4.78 is 42.3. The monoisotopic (exact) mass is 518 g/mol. The Morgan fingerprint density at radius 2 is 1.09 bits per heavy atom. The molecule has 2 aromatic rings. The highest BCUT2D eigenvalue weighted by atomic mass is 79.9. The molecule has 2 aliphatic carbocycles. The lowest BCUT2D eigenvalue weighted by Crippen LogP contribution is -2.44. The molecule has 1 fully saturated rings. The van der Waals surface area contributed by atoms with Crippen LogP contribution in [0.3, 0.4) is 0 Å². The first-order valence-electron chi connectivity index (χ1n) is 10.8. The fraction of sp³-hybridized carbons (Fsp3) is 0.364. The Morgan fingerprint density at radius 3 is 1.55 bits per heavy atom. The van der Waals surface area contributed by atoms with Gasteiger partial charge in [-0.3, -0.25) is 9.59 Å². The van der Waals surface area contributed by atoms with Crippen LogP contribution in [0.15, 0.2) is 28.7 Å². The molecule has 11 heteroatoms. The van der Waals surface area contributed by atoms with Gasteiger partial charge < -0.3 is 13.7 Å². The van der Waals surface area contributed by atoms with Crippen molar-refractivity contribution in [3.8, 4) is 0 Å². The van der Waals surface area contributed by atoms with Crippen molar-refractivity contribution in [2.45, 2.75) is 53.1 Å². The maximum absolute atomic E-state index is 13.1. The highest BCUT2D eigenvalue weighted by Gasteiger charge is 2.31. The van der Waals surface area contributed by atoms with Crippen molar-refractivity contribution < 1.29 is 32.1 Å². The number of halogens is 3. The summed E-state index contributed by atoms with van der Waals surface area (Å²) in [5.41, 5.74) is 3.92. The molecule has 3 aliphatic rings. The molecule has 172 valence electrons. The van der Waals surface area contributed by atoms with E-state index in [9.17, 15) is 18.4 Å². The van der Waals surface area contributed by atoms with Gasteiger partial charge in [-0.05, 0) is 73.4 Å². The molecule has 5 rings (SSSR count). The minimum Gasteiger partial charge on any atom is -0.453 e. The van der Waals surface area contributed by atoms with E-state index < -0.39 is 0 Å². The minimum atomic E-state index is -0.265. The molecule has 1 heterocycles. The maximum Gasteiger partial charge on any atom is 0.426 e. The van der Waals surface area contributed by atoms with Crippen LogP contribution < -0.4 is 0 Å². The molecular formula is C22H24B3BrF2O5. The van der Waals surface area contributed by atoms with E-state index in [1.54, 1.807) is 12.1 Å². The van der Waals surface area contributed by atoms with Gasteiger partial charge in [-0.25, -0.2) is 8.78 Å². The molecule has 0 unspecified atom stereocenters. The summed E-state index contributed by atoms with van der Waals surface area (Å²) in [6.07, 6.45) is 1.32. The Bertz CT molecular complexity index is 906. The van der Waals surface area contributed by atoms with Gasteiger partial charge in [-0.2, -0.15) is 0 Å². The van der Waals surface area contributed by atoms with Crippen LogP contribution in [0.1, 0.15) is 27.8 Å². The fourth-order valence-corrected chi connectivity index (χ4v) is 4.57. The van der Waals surface area contributed by atoms with Crippen molar-refractivity contribution in [3.63, 3.8) is 0 Å². The maximum atomic E-state index is 13.1. The van der Waals surface area contributed by atoms with Crippen LogP contribution in [0, 0.1) is 18.6 Å². The van der Waals surface area contributed by atoms with Gasteiger partial charge in [0.15, 0.2) is 0 Å². The summed E-state index contributed by atoms with van der Waals surface area (Å²) in [5.74, 6) is -0.283. The highest BCUT2D eigenvalue weighted by molar-refractivity contribution is 9.10. The van der Waals surface area contributed by atoms with E-state index in [1.165, 1.54) is 12.1 Å². The van der Waals surface area contributed by atoms with Gasteiger partial charge in [0.2, 0.25) is 0 Å². The third kappa shape index (κ3) is 6.62. The molecule has 0 radical (unpaired) electrons. The van der Waals surface area contributed by atoms with E-state index in [2.05, 4.69) is 15.9 Å². The third-order valence-electron chi connectivity index (χ3n) is 5.57. The smallest absolute Gasteiger partial charge is 0.426 e. The summed E-state index contributed by atoms with van der Waals surface area (Å²) in [6, 6.07) is 6.20. The van der Waals surface area contributed by atoms with Gasteiger partial charge in [0, 0.05) is 30.2 Å². The molecule has 33 heavy (non-hydrogen) atoms. The van der Waals surface area contributed by atoms with E-state index in [4.69, 9.17) is 13.7 Å². The molecule has 0 amide bonds. The van der Waals surface area contributed by atoms with Crippen LogP contribution in [-0.4, -0.2) is 32.9 Å². The first-order valence-corrected chi connectivity index (χ1v) is 11.6. The average Bonchev–Trinajstić information content (AvgIpc) is 3.32. The number of hydrogen-bond donors (Lipinski definition) is 0. The van der Waals surface area contributed by atoms with Crippen molar-refractivity contribution in [3.05, 3.63) is 68.2 Å². The molecule has 0 aromatic heterocycles. The predicted octanol–water partition coefficient (Wildman–Crippen LogP) is 4.46. The molecule has 0 saturated carbocycles. The molecular weight excluding hydrogens is 495 g/mol. The Labute approximate surface area is 202 Å². The summed E-state index contributed by atoms with van der Waals surface area (Å²) in [6.45, 7) is 7.48. The number of ketones is 2. The van der Waals surface area contributed by atoms with Gasteiger partial charge >= 0.3 is 21.4 Å². The van der Waals surface area contributed by atoms with Crippen molar-refractivity contribution in [2.75, 3.05) is 0 Å². The van der Waals surface area contributed by atoms with Crippen molar-refractivity contribution >= 4 is 48.9 Å². The first kappa shape index (κ1) is 25.8. The Balaban J connectivity index is 0.000000141. The van der Waals surface area contributed by atoms with E-state index in [-0.39, 0.29) is 57.4 Å². The van der Waals surface area contributed by atoms with Crippen LogP contribution in [0.25, 0.3) is 0 Å². The second-order valence-corrected chi connectivity index (χ2v) is 9.06. The standard InChI is InChI=1S/C10H9FO.C9H6BrFO.C3H9B3O3/c1-6-2-3-10(11)9-5-7(12)4-8(6)9;10-8-1-2-9(11)7-4-5(12)3-6(7)8;1-4-7-5(2)9-6(3)8-4/h2-3H,4-5H2,1H3;1-2H,3-4H2;1-3H3. The second kappa shape index (κ2) is 11.1. The van der Waals surface area contributed by atoms with E-state index in [0.717, 1.165) is 21.2 Å². The molecule has 1 aliphatic heterocycles. The summed E-state index contributed by atoms with van der Waals surface area (Å²) >= 11 is 3.29. The van der Waals surface area contributed by atoms with Crippen LogP contribution in [0.4, 0.5) is 8.78 Å². The molecule has 5 nitrogen and oxygen atoms in total. The normalized spacial score (nSPS) is 16.6. The van der Waals surface area contributed by atoms with Gasteiger partial charge in [0.1, 0.15) is 23.2 Å². The van der Waals surface area contributed by atoms with Gasteiger partial charge in [0.05, 0.1) is 0 Å². The average molecular weight is 519 g/mol. The molecule has 0 bridgehead atoms. The van der Waals surface area contributed by atoms with Crippen LogP contribution >= 0.6 is 15.9 Å². The van der Waals surface area contributed by atoms with Crippen molar-refractivity contribution in [1.29, 1.82) is 0 Å². The number of hydrogen-bond acceptors (Lipinski definition) is 5. The van der Waals surface area contributed by atoms with E-state index in [0.29, 0.717) is 24.0 Å². The summed E-state index contributed by atoms with van der Waals surface area (Å²) in [4.78, 5) is 22.1. The Hall–Kier alpha value is -1.81. The number of fused-ring (bicyclic) bond motifs is 2. The van der Waals surface area contributed by atoms with E-state index >= 15 is 0 Å². The number of rotatable bonds is 0. The van der Waals surface area contributed by atoms with Crippen LogP contribution in [0.5, 0.6) is 0 Å². The predicted molar refractivity (Wildman–Crippen MR) is 128 cm³/mol. The zero-order chi connectivity index (χ0) is 24.3. The van der Waals surface area contributed by atoms with E-state index in [1.807, 2.05) is 27.4 Å². The summed E-state index contributed by atoms with van der Waals surface area (Å²) in [7, 11) is -0.406. The van der Waals surface area contributed by atoms with Gasteiger partial charge in [-0.1, -0.05) is 22.0 Å². The van der Waals surface area contributed by atoms with Crippen molar-refractivity contribution in [2.24, 2.45) is 0 Å². The molecule has 1 saturated heterocycles. The summed E-state index contributed by atoms with van der Waals surface area (Å²) in [5, 5.41) is 0. The Morgan fingerprint density at radius 1 is 0.697 bits per heavy atom. The van der Waals surface area contributed by atoms with Gasteiger partial charge in [0.25, 0.3) is 0 Å². The number of carbonyl (C=O) groups is 2. The van der Waals surface area contributed by atoms with Crippen molar-refractivity contribution in [1.82, 2.24) is 0 Å². The zero-order valence-electron chi connectivity index (χ0n) is 19.0. The quantitative estimate of drug-likeness (QED) is 0.482. The lowest BCUT2D eigenvalue weighted by atomic mass is 9.74. The number of Topliss-reactive ketones (excluding diaryl/α,β-unsaturated/α-hetero) is 2. The third-order valence-corrected chi connectivity index (χ3v) is 6.31. The SMILES string of the molecule is CB1OB(C)OB(C)O1.Cc1ccc(F)c2c1CC(=O)C2.O=C1Cc2c(F)ccc(Br)c2C1. The fourth-order valence-electron chi connectivity index (χ4n) is 4.06. The van der Waals surface area contributed by atoms with Crippen LogP contribution in [0.2, 0.25) is 20.5 Å². The highest BCUT2D eigenvalue weighted by Crippen LogP contribution is 2.29. The topological polar surface area (TPSA) is 61.8 Å². The zero-order valence-corrected chi connectivity index (χ0v) is 20.6. The van der Waals surface area contributed by atoms with Gasteiger partial charge in [-0.15, -0.1) is 0 Å². The minimum absolute atomic E-state index is 0.0933. The number of benzene rings is 2. The van der Waals surface area contributed by atoms with Crippen LogP contribution in [-0.2, 0) is 49.0 Å². The number of carbonyl (C=O) groups excluding carboxylic acids is 2. The molecule has 2 aromatic carbocycles. The lowest BCUT2D eigenvalue weighted by molar-refractivity contribution is -0.117. The molecule has 0 N–H and O–H groups in total. The molecule has 0 atom stereocenters. The molecule has 0 spiro atoms. The second-order valence-electron chi connectivity index (χ2n) is 8.20. The number of aryl methyl sites for hydroxylation is 1. The largest absolute Gasteiger partial charge is 0.453 e. The lowest BCUT2D eigenvalue weighted by Gasteiger charge is -2.25. The first-order chi connectivity index (χ1) is 15.5. The Kier molecular flexibility index (Phi) is 8.67.